The number of halogens is 4. The summed E-state index contributed by atoms with van der Waals surface area (Å²) in [5.41, 5.74) is 5.52. The van der Waals surface area contributed by atoms with Crippen LogP contribution in [0, 0.1) is 11.6 Å². The lowest BCUT2D eigenvalue weighted by atomic mass is 10.2. The van der Waals surface area contributed by atoms with E-state index in [9.17, 15) is 13.6 Å². The molecule has 0 saturated heterocycles. The normalized spacial score (nSPS) is 10.4. The number of nitrogens with two attached hydrogens (primary N) is 1. The maximum atomic E-state index is 13.4. The van der Waals surface area contributed by atoms with Crippen LogP contribution in [0.4, 0.5) is 20.2 Å². The van der Waals surface area contributed by atoms with Gasteiger partial charge in [-0.2, -0.15) is 0 Å². The van der Waals surface area contributed by atoms with Crippen LogP contribution in [0.2, 0.25) is 10.0 Å². The van der Waals surface area contributed by atoms with Gasteiger partial charge in [-0.25, -0.2) is 8.78 Å². The van der Waals surface area contributed by atoms with Gasteiger partial charge >= 0.3 is 0 Å². The number of hydrogen-bond donors (Lipinski definition) is 2. The summed E-state index contributed by atoms with van der Waals surface area (Å²) in [5.74, 6) is -2.37. The van der Waals surface area contributed by atoms with Crippen LogP contribution >= 0.6 is 23.2 Å². The molecule has 2 rings (SSSR count). The SMILES string of the molecule is Nc1c(Cl)cc(NC(=O)c2cc(F)ccc2F)cc1Cl. The Bertz CT molecular complexity index is 669. The zero-order valence-electron chi connectivity index (χ0n) is 9.88. The van der Waals surface area contributed by atoms with Gasteiger partial charge in [-0.05, 0) is 30.3 Å². The van der Waals surface area contributed by atoms with Crippen LogP contribution in [-0.2, 0) is 0 Å². The number of carbonyl (C=O) groups is 1. The minimum absolute atomic E-state index is 0.146. The lowest BCUT2D eigenvalue weighted by molar-refractivity contribution is 0.102. The molecule has 0 heterocycles. The molecule has 0 aliphatic heterocycles. The van der Waals surface area contributed by atoms with Crippen LogP contribution in [0.1, 0.15) is 10.4 Å². The number of benzene rings is 2. The van der Waals surface area contributed by atoms with Gasteiger partial charge in [-0.3, -0.25) is 4.79 Å². The van der Waals surface area contributed by atoms with Gasteiger partial charge in [0, 0.05) is 5.69 Å². The van der Waals surface area contributed by atoms with Crippen molar-refractivity contribution in [3.63, 3.8) is 0 Å². The van der Waals surface area contributed by atoms with E-state index < -0.39 is 23.1 Å². The summed E-state index contributed by atoms with van der Waals surface area (Å²) in [6.07, 6.45) is 0. The van der Waals surface area contributed by atoms with Crippen molar-refractivity contribution in [1.29, 1.82) is 0 Å². The van der Waals surface area contributed by atoms with E-state index in [0.717, 1.165) is 18.2 Å². The van der Waals surface area contributed by atoms with Gasteiger partial charge in [0.25, 0.3) is 5.91 Å². The summed E-state index contributed by atoms with van der Waals surface area (Å²) in [7, 11) is 0. The molecule has 2 aromatic carbocycles. The highest BCUT2D eigenvalue weighted by molar-refractivity contribution is 6.39. The van der Waals surface area contributed by atoms with Crippen molar-refractivity contribution >= 4 is 40.5 Å². The Hall–Kier alpha value is -1.85. The molecule has 0 aromatic heterocycles. The second-order valence-electron chi connectivity index (χ2n) is 3.93. The lowest BCUT2D eigenvalue weighted by Crippen LogP contribution is -2.14. The van der Waals surface area contributed by atoms with Crippen LogP contribution in [-0.4, -0.2) is 5.91 Å². The van der Waals surface area contributed by atoms with Crippen molar-refractivity contribution in [1.82, 2.24) is 0 Å². The first kappa shape index (κ1) is 14.6. The molecule has 20 heavy (non-hydrogen) atoms. The van der Waals surface area contributed by atoms with Gasteiger partial charge in [0.15, 0.2) is 0 Å². The smallest absolute Gasteiger partial charge is 0.258 e. The molecule has 0 fully saturated rings. The Morgan fingerprint density at radius 2 is 1.70 bits per heavy atom. The number of anilines is 2. The van der Waals surface area contributed by atoms with Gasteiger partial charge < -0.3 is 11.1 Å². The third kappa shape index (κ3) is 3.00. The molecular formula is C13H8Cl2F2N2O. The molecule has 0 aliphatic rings. The number of nitrogens with one attached hydrogen (secondary N) is 1. The largest absolute Gasteiger partial charge is 0.396 e. The topological polar surface area (TPSA) is 55.1 Å². The monoisotopic (exact) mass is 316 g/mol. The highest BCUT2D eigenvalue weighted by Crippen LogP contribution is 2.31. The molecular weight excluding hydrogens is 309 g/mol. The summed E-state index contributed by atoms with van der Waals surface area (Å²) in [6, 6.07) is 5.30. The molecule has 3 N–H and O–H groups in total. The number of rotatable bonds is 2. The quantitative estimate of drug-likeness (QED) is 0.819. The first-order chi connectivity index (χ1) is 9.38. The molecule has 0 atom stereocenters. The average Bonchev–Trinajstić information content (AvgIpc) is 2.38. The maximum absolute atomic E-state index is 13.4. The Labute approximate surface area is 123 Å². The molecule has 2 aromatic rings. The van der Waals surface area contributed by atoms with Crippen molar-refractivity contribution in [2.24, 2.45) is 0 Å². The molecule has 0 bridgehead atoms. The number of carbonyl (C=O) groups excluding carboxylic acids is 1. The fraction of sp³-hybridized carbons (Fsp3) is 0. The van der Waals surface area contributed by atoms with E-state index in [1.54, 1.807) is 0 Å². The Morgan fingerprint density at radius 3 is 2.30 bits per heavy atom. The third-order valence-corrected chi connectivity index (χ3v) is 3.14. The lowest BCUT2D eigenvalue weighted by Gasteiger charge is -2.09. The second kappa shape index (κ2) is 5.64. The summed E-state index contributed by atoms with van der Waals surface area (Å²) in [4.78, 5) is 11.9. The van der Waals surface area contributed by atoms with Crippen molar-refractivity contribution in [3.8, 4) is 0 Å². The zero-order valence-corrected chi connectivity index (χ0v) is 11.4. The van der Waals surface area contributed by atoms with E-state index in [1.165, 1.54) is 12.1 Å². The van der Waals surface area contributed by atoms with Crippen molar-refractivity contribution in [2.45, 2.75) is 0 Å². The second-order valence-corrected chi connectivity index (χ2v) is 4.75. The fourth-order valence-corrected chi connectivity index (χ4v) is 2.01. The van der Waals surface area contributed by atoms with Gasteiger partial charge in [0.2, 0.25) is 0 Å². The molecule has 3 nitrogen and oxygen atoms in total. The minimum atomic E-state index is -0.837. The highest BCUT2D eigenvalue weighted by atomic mass is 35.5. The molecule has 0 unspecified atom stereocenters. The first-order valence-electron chi connectivity index (χ1n) is 5.39. The predicted octanol–water partition coefficient (Wildman–Crippen LogP) is 4.11. The number of amides is 1. The maximum Gasteiger partial charge on any atom is 0.258 e. The van der Waals surface area contributed by atoms with Crippen molar-refractivity contribution in [3.05, 3.63) is 57.6 Å². The molecule has 0 saturated carbocycles. The van der Waals surface area contributed by atoms with Crippen LogP contribution < -0.4 is 11.1 Å². The predicted molar refractivity (Wildman–Crippen MR) is 75.2 cm³/mol. The van der Waals surface area contributed by atoms with E-state index in [2.05, 4.69) is 5.32 Å². The molecule has 1 amide bonds. The van der Waals surface area contributed by atoms with E-state index >= 15 is 0 Å². The highest BCUT2D eigenvalue weighted by Gasteiger charge is 2.14. The average molecular weight is 317 g/mol. The van der Waals surface area contributed by atoms with Gasteiger partial charge in [-0.15, -0.1) is 0 Å². The van der Waals surface area contributed by atoms with E-state index in [-0.39, 0.29) is 21.4 Å². The van der Waals surface area contributed by atoms with E-state index in [0.29, 0.717) is 0 Å². The van der Waals surface area contributed by atoms with E-state index in [4.69, 9.17) is 28.9 Å². The van der Waals surface area contributed by atoms with Crippen LogP contribution in [0.3, 0.4) is 0 Å². The standard InChI is InChI=1S/C13H8Cl2F2N2O/c14-9-4-7(5-10(15)12(9)18)19-13(20)8-3-6(16)1-2-11(8)17/h1-5H,18H2,(H,19,20). The molecule has 0 aliphatic carbocycles. The Morgan fingerprint density at radius 1 is 1.10 bits per heavy atom. The summed E-state index contributed by atoms with van der Waals surface area (Å²) in [5, 5.41) is 2.66. The fourth-order valence-electron chi connectivity index (χ4n) is 1.53. The number of hydrogen-bond acceptors (Lipinski definition) is 2. The molecule has 0 spiro atoms. The summed E-state index contributed by atoms with van der Waals surface area (Å²) < 4.78 is 26.5. The van der Waals surface area contributed by atoms with Gasteiger partial charge in [0.05, 0.1) is 21.3 Å². The summed E-state index contributed by atoms with van der Waals surface area (Å²) in [6.45, 7) is 0. The molecule has 7 heteroatoms. The van der Waals surface area contributed by atoms with Gasteiger partial charge in [-0.1, -0.05) is 23.2 Å². The number of nitrogen functional groups attached to an aromatic ring is 1. The molecule has 104 valence electrons. The Balaban J connectivity index is 2.30. The zero-order chi connectivity index (χ0) is 14.9. The Kier molecular flexibility index (Phi) is 4.11. The van der Waals surface area contributed by atoms with Crippen LogP contribution in [0.25, 0.3) is 0 Å². The van der Waals surface area contributed by atoms with Gasteiger partial charge in [0.1, 0.15) is 11.6 Å². The molecule has 0 radical (unpaired) electrons. The van der Waals surface area contributed by atoms with Crippen molar-refractivity contribution in [2.75, 3.05) is 11.1 Å². The first-order valence-corrected chi connectivity index (χ1v) is 6.15. The van der Waals surface area contributed by atoms with Crippen LogP contribution in [0.5, 0.6) is 0 Å². The summed E-state index contributed by atoms with van der Waals surface area (Å²) >= 11 is 11.6. The third-order valence-electron chi connectivity index (χ3n) is 2.51. The van der Waals surface area contributed by atoms with Crippen molar-refractivity contribution < 1.29 is 13.6 Å². The minimum Gasteiger partial charge on any atom is -0.396 e. The van der Waals surface area contributed by atoms with Crippen LogP contribution in [0.15, 0.2) is 30.3 Å². The van der Waals surface area contributed by atoms with E-state index in [1.807, 2.05) is 0 Å².